The van der Waals surface area contributed by atoms with E-state index in [1.54, 1.807) is 11.6 Å². The monoisotopic (exact) mass is 512 g/mol. The molecule has 0 saturated heterocycles. The Hall–Kier alpha value is -4.26. The molecule has 1 heterocycles. The number of hydrogen-bond donors (Lipinski definition) is 3. The van der Waals surface area contributed by atoms with Gasteiger partial charge in [-0.05, 0) is 36.2 Å². The Labute approximate surface area is 210 Å². The Morgan fingerprint density at radius 2 is 1.81 bits per heavy atom. The van der Waals surface area contributed by atoms with E-state index >= 15 is 0 Å². The maximum Gasteiger partial charge on any atom is 0.335 e. The zero-order valence-electron chi connectivity index (χ0n) is 19.7. The number of hydrogen-bond acceptors (Lipinski definition) is 8. The van der Waals surface area contributed by atoms with E-state index in [4.69, 9.17) is 5.11 Å². The summed E-state index contributed by atoms with van der Waals surface area (Å²) in [7, 11) is 1.72. The van der Waals surface area contributed by atoms with E-state index in [1.165, 1.54) is 48.5 Å². The van der Waals surface area contributed by atoms with E-state index in [2.05, 4.69) is 20.8 Å². The summed E-state index contributed by atoms with van der Waals surface area (Å²) < 4.78 is 1.68. The first-order valence-electron chi connectivity index (χ1n) is 10.8. The molecule has 3 rings (SSSR count). The Kier molecular flexibility index (Phi) is 8.38. The average molecular weight is 513 g/mol. The molecule has 0 spiro atoms. The van der Waals surface area contributed by atoms with Crippen LogP contribution in [0.1, 0.15) is 46.4 Å². The van der Waals surface area contributed by atoms with Crippen LogP contribution in [0.3, 0.4) is 0 Å². The summed E-state index contributed by atoms with van der Waals surface area (Å²) in [6.45, 7) is 3.78. The van der Waals surface area contributed by atoms with Crippen molar-refractivity contribution in [3.63, 3.8) is 0 Å². The minimum absolute atomic E-state index is 0.0268. The van der Waals surface area contributed by atoms with Crippen molar-refractivity contribution in [2.24, 2.45) is 13.0 Å². The lowest BCUT2D eigenvalue weighted by Crippen LogP contribution is -2.33. The number of non-ortho nitro benzene ring substituents is 1. The van der Waals surface area contributed by atoms with Gasteiger partial charge in [0.25, 0.3) is 11.6 Å². The van der Waals surface area contributed by atoms with Gasteiger partial charge in [-0.3, -0.25) is 19.7 Å². The highest BCUT2D eigenvalue weighted by Crippen LogP contribution is 2.25. The number of nitrogens with zero attached hydrogens (tertiary/aromatic N) is 4. The summed E-state index contributed by atoms with van der Waals surface area (Å²) in [5.41, 5.74) is 0.552. The summed E-state index contributed by atoms with van der Waals surface area (Å²) in [6.07, 6.45) is 0. The molecule has 3 N–H and O–H groups in total. The van der Waals surface area contributed by atoms with Gasteiger partial charge in [-0.25, -0.2) is 4.79 Å². The number of nitro benzene ring substituents is 1. The maximum atomic E-state index is 12.8. The van der Waals surface area contributed by atoms with Gasteiger partial charge in [0.2, 0.25) is 5.91 Å². The van der Waals surface area contributed by atoms with Crippen molar-refractivity contribution in [2.45, 2.75) is 25.0 Å². The van der Waals surface area contributed by atoms with E-state index in [9.17, 15) is 24.5 Å². The normalized spacial score (nSPS) is 11.7. The van der Waals surface area contributed by atoms with Crippen molar-refractivity contribution < 1.29 is 24.4 Å². The zero-order valence-corrected chi connectivity index (χ0v) is 20.5. The molecule has 0 unspecified atom stereocenters. The van der Waals surface area contributed by atoms with Crippen molar-refractivity contribution in [3.8, 4) is 0 Å². The highest BCUT2D eigenvalue weighted by atomic mass is 32.2. The van der Waals surface area contributed by atoms with Gasteiger partial charge in [0, 0.05) is 30.4 Å². The number of carboxylic acid groups (broad SMARTS) is 1. The van der Waals surface area contributed by atoms with E-state index in [1.807, 2.05) is 13.8 Å². The first kappa shape index (κ1) is 26.3. The molecule has 0 radical (unpaired) electrons. The summed E-state index contributed by atoms with van der Waals surface area (Å²) >= 11 is 1.15. The molecule has 3 aromatic rings. The third-order valence-corrected chi connectivity index (χ3v) is 6.19. The molecule has 0 aliphatic rings. The number of carbonyl (C=O) groups is 3. The van der Waals surface area contributed by atoms with Crippen LogP contribution in [0, 0.1) is 16.0 Å². The number of thioether (sulfide) groups is 1. The Bertz CT molecular complexity index is 1290. The predicted molar refractivity (Wildman–Crippen MR) is 132 cm³/mol. The highest BCUT2D eigenvalue weighted by Gasteiger charge is 2.26. The quantitative estimate of drug-likeness (QED) is 0.210. The molecule has 0 aliphatic carbocycles. The fraction of sp³-hybridized carbons (Fsp3) is 0.261. The Balaban J connectivity index is 1.66. The number of nitrogens with one attached hydrogen (secondary N) is 2. The number of aromatic carboxylic acids is 1. The number of aromatic nitrogens is 3. The molecule has 2 amide bonds. The van der Waals surface area contributed by atoms with Crippen LogP contribution in [0.5, 0.6) is 0 Å². The summed E-state index contributed by atoms with van der Waals surface area (Å²) in [4.78, 5) is 46.5. The van der Waals surface area contributed by atoms with Gasteiger partial charge in [0.1, 0.15) is 0 Å². The number of anilines is 1. The van der Waals surface area contributed by atoms with Crippen LogP contribution in [0.2, 0.25) is 0 Å². The highest BCUT2D eigenvalue weighted by molar-refractivity contribution is 7.99. The van der Waals surface area contributed by atoms with Gasteiger partial charge in [0.05, 0.1) is 22.3 Å². The molecule has 12 nitrogen and oxygen atoms in total. The second-order valence-corrected chi connectivity index (χ2v) is 9.06. The summed E-state index contributed by atoms with van der Waals surface area (Å²) in [5.74, 6) is -1.43. The summed E-state index contributed by atoms with van der Waals surface area (Å²) in [5, 5.41) is 34.3. The minimum atomic E-state index is -1.05. The van der Waals surface area contributed by atoms with Gasteiger partial charge < -0.3 is 20.3 Å². The molecule has 1 atom stereocenters. The SMILES string of the molecule is CC(C)[C@H](NC(=O)c1cccc([N+](=O)[O-])c1)c1nnc(SCC(=O)Nc2ccc(C(=O)O)cc2)n1C. The minimum Gasteiger partial charge on any atom is -0.478 e. The predicted octanol–water partition coefficient (Wildman–Crippen LogP) is 3.28. The van der Waals surface area contributed by atoms with Gasteiger partial charge in [0.15, 0.2) is 11.0 Å². The molecule has 0 saturated carbocycles. The van der Waals surface area contributed by atoms with E-state index in [0.29, 0.717) is 16.7 Å². The second kappa shape index (κ2) is 11.4. The van der Waals surface area contributed by atoms with Crippen LogP contribution in [0.4, 0.5) is 11.4 Å². The largest absolute Gasteiger partial charge is 0.478 e. The molecule has 36 heavy (non-hydrogen) atoms. The third-order valence-electron chi connectivity index (χ3n) is 5.17. The Morgan fingerprint density at radius 3 is 2.42 bits per heavy atom. The molecular formula is C23H24N6O6S. The number of nitro groups is 1. The number of carbonyl (C=O) groups excluding carboxylic acids is 2. The number of carboxylic acids is 1. The lowest BCUT2D eigenvalue weighted by Gasteiger charge is -2.21. The molecule has 188 valence electrons. The van der Waals surface area contributed by atoms with Gasteiger partial charge in [-0.1, -0.05) is 31.7 Å². The number of amides is 2. The van der Waals surface area contributed by atoms with Crippen LogP contribution in [-0.2, 0) is 11.8 Å². The molecule has 0 fully saturated rings. The smallest absolute Gasteiger partial charge is 0.335 e. The van der Waals surface area contributed by atoms with Gasteiger partial charge >= 0.3 is 5.97 Å². The van der Waals surface area contributed by atoms with Crippen LogP contribution in [0.25, 0.3) is 0 Å². The molecule has 13 heteroatoms. The van der Waals surface area contributed by atoms with Gasteiger partial charge in [-0.2, -0.15) is 0 Å². The topological polar surface area (TPSA) is 169 Å². The van der Waals surface area contributed by atoms with Crippen LogP contribution >= 0.6 is 11.8 Å². The molecule has 2 aromatic carbocycles. The van der Waals surface area contributed by atoms with Crippen LogP contribution in [-0.4, -0.2) is 48.3 Å². The zero-order chi connectivity index (χ0) is 26.4. The van der Waals surface area contributed by atoms with Gasteiger partial charge in [-0.15, -0.1) is 10.2 Å². The van der Waals surface area contributed by atoms with E-state index < -0.39 is 22.8 Å². The molecule has 0 aliphatic heterocycles. The van der Waals surface area contributed by atoms with Crippen LogP contribution < -0.4 is 10.6 Å². The van der Waals surface area contributed by atoms with Crippen molar-refractivity contribution in [2.75, 3.05) is 11.1 Å². The fourth-order valence-corrected chi connectivity index (χ4v) is 3.98. The number of benzene rings is 2. The van der Waals surface area contributed by atoms with Crippen LogP contribution in [0.15, 0.2) is 53.7 Å². The second-order valence-electron chi connectivity index (χ2n) is 8.12. The standard InChI is InChI=1S/C23H24N6O6S/c1-13(2)19(25-21(31)15-5-4-6-17(11-15)29(34)35)20-26-27-23(28(20)3)36-12-18(30)24-16-9-7-14(8-10-16)22(32)33/h4-11,13,19H,12H2,1-3H3,(H,24,30)(H,25,31)(H,32,33)/t19-/m0/s1. The summed E-state index contributed by atoms with van der Waals surface area (Å²) in [6, 6.07) is 10.7. The van der Waals surface area contributed by atoms with Crippen molar-refractivity contribution >= 4 is 40.9 Å². The average Bonchev–Trinajstić information content (AvgIpc) is 3.21. The third kappa shape index (κ3) is 6.44. The Morgan fingerprint density at radius 1 is 1.11 bits per heavy atom. The first-order chi connectivity index (χ1) is 17.1. The molecule has 1 aromatic heterocycles. The van der Waals surface area contributed by atoms with E-state index in [0.717, 1.165) is 11.8 Å². The van der Waals surface area contributed by atoms with Crippen molar-refractivity contribution in [1.82, 2.24) is 20.1 Å². The first-order valence-corrected chi connectivity index (χ1v) is 11.8. The van der Waals surface area contributed by atoms with E-state index in [-0.39, 0.29) is 34.4 Å². The lowest BCUT2D eigenvalue weighted by molar-refractivity contribution is -0.384. The maximum absolute atomic E-state index is 12.8. The van der Waals surface area contributed by atoms with Crippen molar-refractivity contribution in [3.05, 3.63) is 75.6 Å². The lowest BCUT2D eigenvalue weighted by atomic mass is 10.0. The fourth-order valence-electron chi connectivity index (χ4n) is 3.26. The number of rotatable bonds is 10. The molecule has 0 bridgehead atoms. The molecular weight excluding hydrogens is 488 g/mol. The van der Waals surface area contributed by atoms with Crippen molar-refractivity contribution in [1.29, 1.82) is 0 Å².